The number of ether oxygens (including phenoxy) is 4. The summed E-state index contributed by atoms with van der Waals surface area (Å²) >= 11 is 5.79. The molecule has 208 valence electrons. The molecule has 17 heteroatoms. The molecule has 0 radical (unpaired) electrons. The Bertz CT molecular complexity index is 1070. The topological polar surface area (TPSA) is 193 Å². The van der Waals surface area contributed by atoms with Crippen LogP contribution in [0.3, 0.4) is 0 Å². The normalized spacial score (nSPS) is 19.3. The van der Waals surface area contributed by atoms with Gasteiger partial charge in [0.25, 0.3) is 23.0 Å². The largest absolute Gasteiger partial charge is 2.00 e. The minimum Gasteiger partial charge on any atom is -0.418 e. The van der Waals surface area contributed by atoms with Crippen LogP contribution in [0.5, 0.6) is 0 Å². The van der Waals surface area contributed by atoms with E-state index < -0.39 is 41.2 Å². The van der Waals surface area contributed by atoms with Crippen LogP contribution in [0, 0.1) is 0 Å². The molecule has 1 aromatic rings. The van der Waals surface area contributed by atoms with Crippen molar-refractivity contribution in [3.63, 3.8) is 0 Å². The molecule has 0 atom stereocenters. The van der Waals surface area contributed by atoms with Crippen molar-refractivity contribution >= 4 is 69.1 Å². The number of carbonyl (C=O) groups is 4. The molecule has 0 aromatic carbocycles. The van der Waals surface area contributed by atoms with Gasteiger partial charge >= 0.3 is 40.4 Å². The monoisotopic (exact) mass is 612 g/mol. The first kappa shape index (κ1) is 31.1. The third-order valence-corrected chi connectivity index (χ3v) is 6.32. The summed E-state index contributed by atoms with van der Waals surface area (Å²) in [7, 11) is 0. The van der Waals surface area contributed by atoms with Gasteiger partial charge in [-0.15, -0.1) is 11.3 Å². The molecule has 1 aliphatic carbocycles. The second-order valence-electron chi connectivity index (χ2n) is 7.99. The molecule has 38 heavy (non-hydrogen) atoms. The summed E-state index contributed by atoms with van der Waals surface area (Å²) in [6.45, 7) is 3.50. The Morgan fingerprint density at radius 1 is 0.974 bits per heavy atom. The number of hydrogen-bond donors (Lipinski definition) is 3. The fraction of sp³-hybridized carbons (Fsp3) is 0.524. The van der Waals surface area contributed by atoms with Crippen LogP contribution >= 0.6 is 23.6 Å². The van der Waals surface area contributed by atoms with Gasteiger partial charge in [-0.3, -0.25) is 10.9 Å². The van der Waals surface area contributed by atoms with E-state index in [-0.39, 0.29) is 27.3 Å². The van der Waals surface area contributed by atoms with Gasteiger partial charge in [-0.1, -0.05) is 20.3 Å². The second kappa shape index (κ2) is 13.6. The van der Waals surface area contributed by atoms with E-state index in [1.807, 2.05) is 0 Å². The molecule has 2 aliphatic heterocycles. The number of carbonyl (C=O) groups excluding carboxylic acids is 4. The van der Waals surface area contributed by atoms with Crippen molar-refractivity contribution in [1.82, 2.24) is 10.4 Å². The molecule has 4 N–H and O–H groups in total. The molecule has 0 bridgehead atoms. The molecule has 2 saturated heterocycles. The van der Waals surface area contributed by atoms with Gasteiger partial charge in [0.2, 0.25) is 5.13 Å². The number of thiocarbonyl (C=S) groups is 1. The van der Waals surface area contributed by atoms with E-state index in [0.717, 1.165) is 19.3 Å². The standard InChI is InChI=1S/C12H13N3O4S.C9H13N3O4S.Ni/c16-9-8(14-15-11-13-6-7-20-11)10(17)19-12(18-9)4-2-1-3-5-12;1-3-9(4-2)15-6(13)5(7(14)16-9)11-12-8(10)17;/h6-7H,1-5H2,(H,13,15);3-4H2,1-2H3,(H3,10,12,17);/q;;+2. The SMILES string of the molecule is CCC1(CC)OC(=O)C(=NNC(N)=S)C(=O)O1.O=C1OC2(CCCCC2)OC(=O)C1=NNc1nccs1.[Ni+2]. The Morgan fingerprint density at radius 2 is 1.50 bits per heavy atom. The fourth-order valence-electron chi connectivity index (χ4n) is 3.59. The molecule has 3 heterocycles. The third kappa shape index (κ3) is 7.68. The third-order valence-electron chi connectivity index (χ3n) is 5.55. The maximum absolute atomic E-state index is 11.9. The summed E-state index contributed by atoms with van der Waals surface area (Å²) in [5.41, 5.74) is 8.91. The average molecular weight is 613 g/mol. The fourth-order valence-corrected chi connectivity index (χ4v) is 4.10. The van der Waals surface area contributed by atoms with Crippen LogP contribution in [0.25, 0.3) is 0 Å². The van der Waals surface area contributed by atoms with Crippen molar-refractivity contribution in [2.45, 2.75) is 70.4 Å². The minimum atomic E-state index is -1.20. The number of hydrogen-bond acceptors (Lipinski definition) is 14. The van der Waals surface area contributed by atoms with Crippen molar-refractivity contribution < 1.29 is 54.6 Å². The molecule has 0 amide bonds. The van der Waals surface area contributed by atoms with Crippen molar-refractivity contribution in [2.75, 3.05) is 5.43 Å². The first-order valence-electron chi connectivity index (χ1n) is 11.4. The molecule has 3 aliphatic rings. The van der Waals surface area contributed by atoms with Crippen molar-refractivity contribution in [3.05, 3.63) is 11.6 Å². The number of thiazole rings is 1. The van der Waals surface area contributed by atoms with E-state index in [9.17, 15) is 19.2 Å². The van der Waals surface area contributed by atoms with Crippen LogP contribution in [0.4, 0.5) is 5.13 Å². The Labute approximate surface area is 237 Å². The number of nitrogens with two attached hydrogens (primary N) is 1. The van der Waals surface area contributed by atoms with Crippen molar-refractivity contribution in [3.8, 4) is 0 Å². The Balaban J connectivity index is 0.000000264. The van der Waals surface area contributed by atoms with Crippen molar-refractivity contribution in [1.29, 1.82) is 0 Å². The van der Waals surface area contributed by atoms with Crippen LogP contribution in [0.15, 0.2) is 21.8 Å². The summed E-state index contributed by atoms with van der Waals surface area (Å²) in [5, 5.41) is 9.23. The van der Waals surface area contributed by atoms with E-state index in [1.165, 1.54) is 11.3 Å². The maximum atomic E-state index is 11.9. The van der Waals surface area contributed by atoms with Gasteiger partial charge in [0.1, 0.15) is 0 Å². The number of esters is 4. The zero-order valence-corrected chi connectivity index (χ0v) is 23.0. The second-order valence-corrected chi connectivity index (χ2v) is 9.33. The quantitative estimate of drug-likeness (QED) is 0.187. The van der Waals surface area contributed by atoms with E-state index in [1.54, 1.807) is 25.4 Å². The van der Waals surface area contributed by atoms with E-state index in [4.69, 9.17) is 24.7 Å². The molecule has 14 nitrogen and oxygen atoms in total. The Morgan fingerprint density at radius 3 is 1.97 bits per heavy atom. The molecular weight excluding hydrogens is 587 g/mol. The zero-order chi connectivity index (χ0) is 27.1. The van der Waals surface area contributed by atoms with Crippen LogP contribution < -0.4 is 16.6 Å². The van der Waals surface area contributed by atoms with Gasteiger partial charge in [-0.25, -0.2) is 24.2 Å². The van der Waals surface area contributed by atoms with Crippen LogP contribution in [-0.4, -0.2) is 57.0 Å². The maximum Gasteiger partial charge on any atom is 2.00 e. The number of hydrazone groups is 2. The first-order valence-corrected chi connectivity index (χ1v) is 12.7. The number of nitrogens with zero attached hydrogens (tertiary/aromatic N) is 3. The van der Waals surface area contributed by atoms with Gasteiger partial charge in [0.15, 0.2) is 5.11 Å². The molecule has 4 rings (SSSR count). The van der Waals surface area contributed by atoms with E-state index >= 15 is 0 Å². The van der Waals surface area contributed by atoms with E-state index in [2.05, 4.69) is 38.3 Å². The van der Waals surface area contributed by atoms with Crippen molar-refractivity contribution in [2.24, 2.45) is 15.9 Å². The summed E-state index contributed by atoms with van der Waals surface area (Å²) in [5.74, 6) is -5.47. The Hall–Kier alpha value is -3.17. The molecule has 1 aromatic heterocycles. The number of rotatable bonds is 5. The molecular formula is C21H26N6NiO8S2+2. The molecule has 1 spiro atoms. The van der Waals surface area contributed by atoms with Gasteiger partial charge < -0.3 is 24.7 Å². The molecule has 1 saturated carbocycles. The number of cyclic esters (lactones) is 2. The smallest absolute Gasteiger partial charge is 0.418 e. The zero-order valence-electron chi connectivity index (χ0n) is 20.4. The van der Waals surface area contributed by atoms with Gasteiger partial charge in [0.05, 0.1) is 0 Å². The summed E-state index contributed by atoms with van der Waals surface area (Å²) in [4.78, 5) is 50.9. The number of nitrogens with one attached hydrogen (secondary N) is 2. The minimum absolute atomic E-state index is 0. The van der Waals surface area contributed by atoms with Crippen LogP contribution in [0.2, 0.25) is 0 Å². The van der Waals surface area contributed by atoms with Gasteiger partial charge in [0, 0.05) is 37.3 Å². The summed E-state index contributed by atoms with van der Waals surface area (Å²) < 4.78 is 20.7. The predicted molar refractivity (Wildman–Crippen MR) is 134 cm³/mol. The number of anilines is 1. The van der Waals surface area contributed by atoms with Crippen LogP contribution in [-0.2, 0) is 54.6 Å². The summed E-state index contributed by atoms with van der Waals surface area (Å²) in [6, 6.07) is 0. The average Bonchev–Trinajstić information content (AvgIpc) is 3.37. The van der Waals surface area contributed by atoms with Gasteiger partial charge in [-0.05, 0) is 25.1 Å². The summed E-state index contributed by atoms with van der Waals surface area (Å²) in [6.07, 6.45) is 6.25. The van der Waals surface area contributed by atoms with Gasteiger partial charge in [-0.2, -0.15) is 10.2 Å². The molecule has 0 unspecified atom stereocenters. The molecule has 3 fully saturated rings. The Kier molecular flexibility index (Phi) is 11.1. The predicted octanol–water partition coefficient (Wildman–Crippen LogP) is 1.46. The first-order chi connectivity index (χ1) is 17.6. The number of aromatic nitrogens is 1. The van der Waals surface area contributed by atoms with E-state index in [0.29, 0.717) is 30.8 Å². The van der Waals surface area contributed by atoms with Crippen LogP contribution in [0.1, 0.15) is 58.8 Å².